The predicted molar refractivity (Wildman–Crippen MR) is 240 cm³/mol. The zero-order valence-corrected chi connectivity index (χ0v) is 39.5. The van der Waals surface area contributed by atoms with Crippen LogP contribution in [0.15, 0.2) is 94.6 Å². The summed E-state index contributed by atoms with van der Waals surface area (Å²) in [5, 5.41) is 9.28. The normalized spacial score (nSPS) is 19.0. The van der Waals surface area contributed by atoms with Gasteiger partial charge in [-0.2, -0.15) is 5.26 Å². The molecule has 2 heterocycles. The van der Waals surface area contributed by atoms with Gasteiger partial charge in [0.1, 0.15) is 35.4 Å². The highest BCUT2D eigenvalue weighted by molar-refractivity contribution is 7.44. The number of hydrogen-bond acceptors (Lipinski definition) is 11. The molecule has 1 aromatic heterocycles. The summed E-state index contributed by atoms with van der Waals surface area (Å²) >= 11 is 0. The molecule has 5 rings (SSSR count). The van der Waals surface area contributed by atoms with Crippen LogP contribution in [0.25, 0.3) is 0 Å². The second kappa shape index (κ2) is 20.3. The van der Waals surface area contributed by atoms with Gasteiger partial charge in [-0.3, -0.25) is 14.3 Å². The number of nitriles is 1. The SMILES string of the molecule is COc1ccc(C(OCC2OC(n3cc(C)c(=O)[nH]c3=O)C(O[Si](C)(C)C(C)(C)C)C2OP(OCCC#N)N(C(C)C)C(C)C)(c2ccccc2)c2ccc(OC)cc2)cc1. The Morgan fingerprint density at radius 2 is 1.41 bits per heavy atom. The number of H-pyrrole nitrogens is 1. The number of benzene rings is 3. The molecule has 330 valence electrons. The average Bonchev–Trinajstić information content (AvgIpc) is 3.54. The summed E-state index contributed by atoms with van der Waals surface area (Å²) in [6.45, 7) is 20.8. The summed E-state index contributed by atoms with van der Waals surface area (Å²) < 4.78 is 50.2. The Morgan fingerprint density at radius 1 is 0.869 bits per heavy atom. The van der Waals surface area contributed by atoms with Crippen LogP contribution in [0.4, 0.5) is 0 Å². The lowest BCUT2D eigenvalue weighted by Gasteiger charge is -2.42. The van der Waals surface area contributed by atoms with Crippen molar-refractivity contribution in [3.8, 4) is 17.6 Å². The summed E-state index contributed by atoms with van der Waals surface area (Å²) in [7, 11) is -1.22. The predicted octanol–water partition coefficient (Wildman–Crippen LogP) is 8.82. The molecule has 0 radical (unpaired) electrons. The number of aromatic nitrogens is 2. The third-order valence-corrected chi connectivity index (χ3v) is 18.1. The highest BCUT2D eigenvalue weighted by atomic mass is 31.2. The molecular weight excluding hydrogens is 812 g/mol. The first-order chi connectivity index (χ1) is 28.9. The second-order valence-corrected chi connectivity index (χ2v) is 23.5. The van der Waals surface area contributed by atoms with E-state index in [9.17, 15) is 14.9 Å². The molecule has 61 heavy (non-hydrogen) atoms. The van der Waals surface area contributed by atoms with Crippen molar-refractivity contribution in [2.75, 3.05) is 27.4 Å². The third kappa shape index (κ3) is 10.7. The minimum absolute atomic E-state index is 0.00103. The third-order valence-electron chi connectivity index (χ3n) is 11.5. The van der Waals surface area contributed by atoms with Crippen molar-refractivity contribution in [2.45, 2.75) is 122 Å². The zero-order chi connectivity index (χ0) is 44.7. The molecule has 1 aliphatic heterocycles. The highest BCUT2D eigenvalue weighted by Gasteiger charge is 2.54. The van der Waals surface area contributed by atoms with E-state index in [-0.39, 0.29) is 36.8 Å². The molecule has 3 aromatic carbocycles. The van der Waals surface area contributed by atoms with Gasteiger partial charge in [0.25, 0.3) is 14.1 Å². The molecule has 5 unspecified atom stereocenters. The van der Waals surface area contributed by atoms with Crippen LogP contribution in [0.2, 0.25) is 18.1 Å². The Bertz CT molecular complexity index is 2130. The van der Waals surface area contributed by atoms with Crippen molar-refractivity contribution < 1.29 is 32.4 Å². The fourth-order valence-corrected chi connectivity index (χ4v) is 10.3. The molecule has 13 nitrogen and oxygen atoms in total. The molecular formula is C46H63N4O9PSi. The Kier molecular flexibility index (Phi) is 16.0. The molecule has 1 aliphatic rings. The molecule has 15 heteroatoms. The van der Waals surface area contributed by atoms with Crippen LogP contribution in [0.1, 0.15) is 83.4 Å². The van der Waals surface area contributed by atoms with Gasteiger partial charge in [-0.15, -0.1) is 0 Å². The van der Waals surface area contributed by atoms with E-state index >= 15 is 0 Å². The van der Waals surface area contributed by atoms with E-state index in [4.69, 9.17) is 32.4 Å². The molecule has 0 saturated carbocycles. The highest BCUT2D eigenvalue weighted by Crippen LogP contribution is 2.52. The Hall–Kier alpha value is -4.16. The summed E-state index contributed by atoms with van der Waals surface area (Å²) in [6, 6.07) is 27.7. The Balaban J connectivity index is 1.75. The van der Waals surface area contributed by atoms with Gasteiger partial charge in [-0.1, -0.05) is 75.4 Å². The monoisotopic (exact) mass is 874 g/mol. The maximum absolute atomic E-state index is 13.8. The van der Waals surface area contributed by atoms with Crippen molar-refractivity contribution in [3.63, 3.8) is 0 Å². The first-order valence-corrected chi connectivity index (χ1v) is 24.8. The van der Waals surface area contributed by atoms with Gasteiger partial charge < -0.3 is 32.4 Å². The van der Waals surface area contributed by atoms with Crippen LogP contribution < -0.4 is 20.7 Å². The smallest absolute Gasteiger partial charge is 0.330 e. The van der Waals surface area contributed by atoms with Gasteiger partial charge in [0.05, 0.1) is 39.9 Å². The van der Waals surface area contributed by atoms with Gasteiger partial charge in [-0.25, -0.2) is 9.46 Å². The van der Waals surface area contributed by atoms with E-state index < -0.39 is 58.2 Å². The minimum Gasteiger partial charge on any atom is -0.497 e. The zero-order valence-electron chi connectivity index (χ0n) is 37.6. The number of methoxy groups -OCH3 is 2. The van der Waals surface area contributed by atoms with E-state index in [0.29, 0.717) is 17.1 Å². The maximum Gasteiger partial charge on any atom is 0.330 e. The summed E-state index contributed by atoms with van der Waals surface area (Å²) in [4.78, 5) is 29.0. The van der Waals surface area contributed by atoms with Crippen LogP contribution in [0, 0.1) is 18.3 Å². The molecule has 0 spiro atoms. The molecule has 0 aliphatic carbocycles. The van der Waals surface area contributed by atoms with E-state index in [1.807, 2.05) is 78.9 Å². The van der Waals surface area contributed by atoms with Crippen LogP contribution in [-0.2, 0) is 28.5 Å². The van der Waals surface area contributed by atoms with Crippen molar-refractivity contribution in [1.82, 2.24) is 14.2 Å². The molecule has 0 amide bonds. The first-order valence-electron chi connectivity index (χ1n) is 20.8. The van der Waals surface area contributed by atoms with Crippen molar-refractivity contribution >= 4 is 16.8 Å². The number of aryl methyl sites for hydroxylation is 1. The topological polar surface area (TPSA) is 147 Å². The van der Waals surface area contributed by atoms with Gasteiger partial charge >= 0.3 is 5.69 Å². The van der Waals surface area contributed by atoms with Gasteiger partial charge in [-0.05, 0) is 93.7 Å². The lowest BCUT2D eigenvalue weighted by atomic mass is 9.80. The summed E-state index contributed by atoms with van der Waals surface area (Å²) in [6.07, 6.45) is -1.95. The molecule has 4 aromatic rings. The van der Waals surface area contributed by atoms with Gasteiger partial charge in [0, 0.05) is 23.8 Å². The van der Waals surface area contributed by atoms with Gasteiger partial charge in [0.2, 0.25) is 0 Å². The van der Waals surface area contributed by atoms with Crippen LogP contribution in [0.3, 0.4) is 0 Å². The van der Waals surface area contributed by atoms with Crippen LogP contribution in [-0.4, -0.2) is 80.4 Å². The maximum atomic E-state index is 13.8. The van der Waals surface area contributed by atoms with Crippen molar-refractivity contribution in [3.05, 3.63) is 128 Å². The molecule has 5 atom stereocenters. The number of ether oxygens (including phenoxy) is 4. The minimum atomic E-state index is -2.65. The lowest BCUT2D eigenvalue weighted by molar-refractivity contribution is -0.0943. The molecule has 1 N–H and O–H groups in total. The quantitative estimate of drug-likeness (QED) is 0.0417. The average molecular weight is 875 g/mol. The molecule has 1 saturated heterocycles. The Labute approximate surface area is 363 Å². The number of hydrogen-bond donors (Lipinski definition) is 1. The van der Waals surface area contributed by atoms with Crippen LogP contribution in [0.5, 0.6) is 11.5 Å². The molecule has 0 bridgehead atoms. The first kappa shape index (κ1) is 47.9. The van der Waals surface area contributed by atoms with Crippen molar-refractivity contribution in [2.24, 2.45) is 0 Å². The Morgan fingerprint density at radius 3 is 1.90 bits per heavy atom. The van der Waals surface area contributed by atoms with Gasteiger partial charge in [0.15, 0.2) is 14.5 Å². The summed E-state index contributed by atoms with van der Waals surface area (Å²) in [5.41, 5.74) is 0.506. The lowest BCUT2D eigenvalue weighted by Crippen LogP contribution is -2.51. The largest absolute Gasteiger partial charge is 0.497 e. The number of nitrogens with zero attached hydrogens (tertiary/aromatic N) is 3. The standard InChI is InChI=1S/C46H63N4O9PSi/c1-31(2)50(32(3)4)60(56-28-16-27-47)58-40-39(57-43(41(40)59-61(11,12)45(6,7)8)49-29-33(5)42(51)48-44(49)52)30-55-46(34-17-14-13-15-18-34,35-19-23-37(53-9)24-20-35)36-21-25-38(54-10)26-22-36/h13-15,17-26,29,31-32,39-41,43H,16,28,30H2,1-12H3,(H,48,51,52). The van der Waals surface area contributed by atoms with E-state index in [1.165, 1.54) is 10.8 Å². The number of nitrogens with one attached hydrogen (secondary N) is 1. The second-order valence-electron chi connectivity index (χ2n) is 17.3. The van der Waals surface area contributed by atoms with E-state index in [0.717, 1.165) is 16.7 Å². The fourth-order valence-electron chi connectivity index (χ4n) is 7.29. The number of aromatic amines is 1. The van der Waals surface area contributed by atoms with Crippen molar-refractivity contribution in [1.29, 1.82) is 5.26 Å². The van der Waals surface area contributed by atoms with E-state index in [1.54, 1.807) is 21.1 Å². The van der Waals surface area contributed by atoms with Crippen LogP contribution >= 0.6 is 8.53 Å². The van der Waals surface area contributed by atoms with E-state index in [2.05, 4.69) is 77.3 Å². The number of rotatable bonds is 19. The summed E-state index contributed by atoms with van der Waals surface area (Å²) in [5.74, 6) is 1.38. The molecule has 1 fully saturated rings. The fraction of sp³-hybridized carbons (Fsp3) is 0.500.